The molecule has 10 heteroatoms. The molecule has 0 saturated heterocycles. The highest BCUT2D eigenvalue weighted by atomic mass is 32.2. The third-order valence-corrected chi connectivity index (χ3v) is 6.05. The zero-order valence-electron chi connectivity index (χ0n) is 18.0. The smallest absolute Gasteiger partial charge is 0.255 e. The highest BCUT2D eigenvalue weighted by Gasteiger charge is 2.23. The predicted octanol–water partition coefficient (Wildman–Crippen LogP) is 3.47. The molecule has 4 rings (SSSR count). The van der Waals surface area contributed by atoms with Crippen molar-refractivity contribution >= 4 is 9.84 Å². The van der Waals surface area contributed by atoms with Crippen molar-refractivity contribution in [3.8, 4) is 22.6 Å². The summed E-state index contributed by atoms with van der Waals surface area (Å²) in [6.45, 7) is 2.20. The normalized spacial score (nSPS) is 13.8. The standard InChI is InChI=1S/C23H22F2N2O5S/c1-14-7-16(11-26(23(14)29)10-15-3-4-15)18-12-27(13-33(2,30)31)22(28)9-21(18)32-20-6-5-17(24)8-19(20)25/h5-9,11-12,15H,3-4,10,13H2,1-2H3. The molecule has 0 spiro atoms. The molecule has 174 valence electrons. The van der Waals surface area contributed by atoms with Gasteiger partial charge in [0.2, 0.25) is 0 Å². The number of halogens is 2. The number of hydrogen-bond acceptors (Lipinski definition) is 5. The van der Waals surface area contributed by atoms with Crippen molar-refractivity contribution in [3.05, 3.63) is 80.6 Å². The Kier molecular flexibility index (Phi) is 5.96. The molecule has 1 fully saturated rings. The van der Waals surface area contributed by atoms with Crippen LogP contribution in [-0.4, -0.2) is 23.8 Å². The van der Waals surface area contributed by atoms with Gasteiger partial charge in [-0.2, -0.15) is 0 Å². The van der Waals surface area contributed by atoms with Gasteiger partial charge in [0.15, 0.2) is 21.4 Å². The quantitative estimate of drug-likeness (QED) is 0.521. The molecule has 1 saturated carbocycles. The van der Waals surface area contributed by atoms with Crippen molar-refractivity contribution in [1.29, 1.82) is 0 Å². The number of hydrogen-bond donors (Lipinski definition) is 0. The Morgan fingerprint density at radius 2 is 1.76 bits per heavy atom. The second kappa shape index (κ2) is 8.58. The summed E-state index contributed by atoms with van der Waals surface area (Å²) in [7, 11) is -3.55. The molecule has 2 aromatic heterocycles. The average molecular weight is 477 g/mol. The first kappa shape index (κ1) is 22.9. The summed E-state index contributed by atoms with van der Waals surface area (Å²) in [5, 5.41) is 0. The summed E-state index contributed by atoms with van der Waals surface area (Å²) in [6.07, 6.45) is 5.99. The first-order valence-electron chi connectivity index (χ1n) is 10.3. The Hall–Kier alpha value is -3.27. The van der Waals surface area contributed by atoms with Crippen LogP contribution in [0, 0.1) is 24.5 Å². The summed E-state index contributed by atoms with van der Waals surface area (Å²) in [5.41, 5.74) is 0.405. The van der Waals surface area contributed by atoms with E-state index in [4.69, 9.17) is 4.74 Å². The van der Waals surface area contributed by atoms with Gasteiger partial charge in [-0.25, -0.2) is 17.2 Å². The van der Waals surface area contributed by atoms with Gasteiger partial charge in [0.25, 0.3) is 11.1 Å². The molecule has 0 aliphatic heterocycles. The Morgan fingerprint density at radius 1 is 1.03 bits per heavy atom. The number of aromatic nitrogens is 2. The Morgan fingerprint density at radius 3 is 2.39 bits per heavy atom. The van der Waals surface area contributed by atoms with Crippen LogP contribution >= 0.6 is 0 Å². The van der Waals surface area contributed by atoms with Crippen molar-refractivity contribution < 1.29 is 21.9 Å². The molecule has 0 bridgehead atoms. The second-order valence-corrected chi connectivity index (χ2v) is 10.5. The Balaban J connectivity index is 1.88. The van der Waals surface area contributed by atoms with E-state index in [0.717, 1.165) is 41.9 Å². The minimum Gasteiger partial charge on any atom is -0.453 e. The maximum absolute atomic E-state index is 14.2. The first-order valence-corrected chi connectivity index (χ1v) is 12.3. The molecule has 1 aliphatic rings. The van der Waals surface area contributed by atoms with E-state index in [1.807, 2.05) is 0 Å². The third-order valence-electron chi connectivity index (χ3n) is 5.30. The predicted molar refractivity (Wildman–Crippen MR) is 119 cm³/mol. The zero-order chi connectivity index (χ0) is 23.9. The van der Waals surface area contributed by atoms with Crippen LogP contribution in [0.2, 0.25) is 0 Å². The highest BCUT2D eigenvalue weighted by Crippen LogP contribution is 2.35. The number of rotatable bonds is 7. The molecule has 1 aromatic carbocycles. The fourth-order valence-electron chi connectivity index (χ4n) is 3.53. The number of aryl methyl sites for hydroxylation is 1. The molecule has 0 N–H and O–H groups in total. The summed E-state index contributed by atoms with van der Waals surface area (Å²) >= 11 is 0. The number of sulfone groups is 1. The minimum atomic E-state index is -3.55. The zero-order valence-corrected chi connectivity index (χ0v) is 18.9. The molecule has 3 aromatic rings. The largest absolute Gasteiger partial charge is 0.453 e. The molecular formula is C23H22F2N2O5S. The van der Waals surface area contributed by atoms with E-state index >= 15 is 0 Å². The third kappa shape index (κ3) is 5.39. The van der Waals surface area contributed by atoms with Crippen LogP contribution in [0.4, 0.5) is 8.78 Å². The van der Waals surface area contributed by atoms with Gasteiger partial charge in [-0.3, -0.25) is 14.2 Å². The van der Waals surface area contributed by atoms with Crippen molar-refractivity contribution in [2.75, 3.05) is 6.26 Å². The summed E-state index contributed by atoms with van der Waals surface area (Å²) in [4.78, 5) is 25.2. The molecule has 0 amide bonds. The number of nitrogens with zero attached hydrogens (tertiary/aromatic N) is 2. The molecule has 7 nitrogen and oxygen atoms in total. The van der Waals surface area contributed by atoms with Crippen molar-refractivity contribution in [2.24, 2.45) is 5.92 Å². The van der Waals surface area contributed by atoms with Gasteiger partial charge < -0.3 is 9.30 Å². The van der Waals surface area contributed by atoms with Crippen LogP contribution in [0.5, 0.6) is 11.5 Å². The Bertz CT molecular complexity index is 1460. The lowest BCUT2D eigenvalue weighted by Crippen LogP contribution is -2.24. The monoisotopic (exact) mass is 476 g/mol. The van der Waals surface area contributed by atoms with Crippen molar-refractivity contribution in [3.63, 3.8) is 0 Å². The maximum Gasteiger partial charge on any atom is 0.255 e. The van der Waals surface area contributed by atoms with Crippen molar-refractivity contribution in [2.45, 2.75) is 32.2 Å². The average Bonchev–Trinajstić information content (AvgIpc) is 3.52. The molecule has 0 unspecified atom stereocenters. The van der Waals surface area contributed by atoms with E-state index in [0.29, 0.717) is 29.7 Å². The first-order chi connectivity index (χ1) is 15.5. The van der Waals surface area contributed by atoms with Gasteiger partial charge >= 0.3 is 0 Å². The van der Waals surface area contributed by atoms with E-state index in [1.54, 1.807) is 23.8 Å². The lowest BCUT2D eigenvalue weighted by atomic mass is 10.1. The van der Waals surface area contributed by atoms with Crippen LogP contribution in [-0.2, 0) is 22.3 Å². The molecule has 1 aliphatic carbocycles. The van der Waals surface area contributed by atoms with E-state index in [-0.39, 0.29) is 22.6 Å². The van der Waals surface area contributed by atoms with E-state index < -0.39 is 32.9 Å². The summed E-state index contributed by atoms with van der Waals surface area (Å²) < 4.78 is 59.4. The Labute approximate surface area is 188 Å². The van der Waals surface area contributed by atoms with Crippen molar-refractivity contribution in [1.82, 2.24) is 9.13 Å². The fourth-order valence-corrected chi connectivity index (χ4v) is 4.24. The minimum absolute atomic E-state index is 0.0497. The van der Waals surface area contributed by atoms with E-state index in [9.17, 15) is 26.8 Å². The van der Waals surface area contributed by atoms with Gasteiger partial charge in [-0.15, -0.1) is 0 Å². The maximum atomic E-state index is 14.2. The van der Waals surface area contributed by atoms with E-state index in [2.05, 4.69) is 0 Å². The van der Waals surface area contributed by atoms with Crippen LogP contribution in [0.25, 0.3) is 11.1 Å². The SMILES string of the molecule is Cc1cc(-c2cn(CS(C)(=O)=O)c(=O)cc2Oc2ccc(F)cc2F)cn(CC2CC2)c1=O. The van der Waals surface area contributed by atoms with Crippen LogP contribution in [0.15, 0.2) is 52.3 Å². The van der Waals surface area contributed by atoms with Crippen LogP contribution in [0.1, 0.15) is 18.4 Å². The highest BCUT2D eigenvalue weighted by molar-refractivity contribution is 7.89. The summed E-state index contributed by atoms with van der Waals surface area (Å²) in [6, 6.07) is 5.41. The summed E-state index contributed by atoms with van der Waals surface area (Å²) in [5.74, 6) is -2.25. The molecule has 33 heavy (non-hydrogen) atoms. The molecular weight excluding hydrogens is 454 g/mol. The fraction of sp³-hybridized carbons (Fsp3) is 0.304. The van der Waals surface area contributed by atoms with Crippen LogP contribution in [0.3, 0.4) is 0 Å². The molecule has 0 atom stereocenters. The second-order valence-electron chi connectivity index (χ2n) is 8.40. The van der Waals surface area contributed by atoms with Gasteiger partial charge in [-0.1, -0.05) is 0 Å². The van der Waals surface area contributed by atoms with Gasteiger partial charge in [0, 0.05) is 54.0 Å². The molecule has 0 radical (unpaired) electrons. The molecule has 2 heterocycles. The number of ether oxygens (including phenoxy) is 1. The number of pyridine rings is 2. The topological polar surface area (TPSA) is 87.4 Å². The van der Waals surface area contributed by atoms with E-state index in [1.165, 1.54) is 6.20 Å². The van der Waals surface area contributed by atoms with Gasteiger partial charge in [0.05, 0.1) is 0 Å². The van der Waals surface area contributed by atoms with Gasteiger partial charge in [-0.05, 0) is 43.9 Å². The number of benzene rings is 1. The van der Waals surface area contributed by atoms with Crippen LogP contribution < -0.4 is 15.9 Å². The lowest BCUT2D eigenvalue weighted by Gasteiger charge is -2.16. The van der Waals surface area contributed by atoms with Gasteiger partial charge in [0.1, 0.15) is 17.4 Å². The lowest BCUT2D eigenvalue weighted by molar-refractivity contribution is 0.437.